The summed E-state index contributed by atoms with van der Waals surface area (Å²) in [6.07, 6.45) is 0.185. The van der Waals surface area contributed by atoms with Crippen LogP contribution in [0.1, 0.15) is 15.9 Å². The molecule has 0 saturated heterocycles. The van der Waals surface area contributed by atoms with E-state index in [0.717, 1.165) is 10.9 Å². The van der Waals surface area contributed by atoms with Crippen molar-refractivity contribution >= 4 is 22.2 Å². The van der Waals surface area contributed by atoms with Crippen molar-refractivity contribution in [3.63, 3.8) is 0 Å². The average Bonchev–Trinajstić information content (AvgIpc) is 2.61. The topological polar surface area (TPSA) is 69.4 Å². The second-order valence-corrected chi connectivity index (χ2v) is 5.37. The maximum absolute atomic E-state index is 12.5. The summed E-state index contributed by atoms with van der Waals surface area (Å²) in [5.41, 5.74) is 1.40. The Hall–Kier alpha value is -3.21. The van der Waals surface area contributed by atoms with Gasteiger partial charge in [0.05, 0.1) is 17.4 Å². The van der Waals surface area contributed by atoms with Gasteiger partial charge in [-0.3, -0.25) is 14.9 Å². The van der Waals surface area contributed by atoms with Gasteiger partial charge in [-0.1, -0.05) is 24.3 Å². The summed E-state index contributed by atoms with van der Waals surface area (Å²) in [6.45, 7) is 0. The summed E-state index contributed by atoms with van der Waals surface area (Å²) in [4.78, 5) is 23.3. The maximum atomic E-state index is 12.5. The van der Waals surface area contributed by atoms with Gasteiger partial charge in [-0.2, -0.15) is 0 Å². The third-order valence-electron chi connectivity index (χ3n) is 3.95. The van der Waals surface area contributed by atoms with Crippen LogP contribution in [-0.2, 0) is 6.42 Å². The van der Waals surface area contributed by atoms with Crippen LogP contribution in [0.5, 0.6) is 5.75 Å². The molecular formula is C19H15NO4. The molecule has 0 saturated carbocycles. The van der Waals surface area contributed by atoms with Crippen molar-refractivity contribution in [3.8, 4) is 5.75 Å². The molecule has 0 bridgehead atoms. The highest BCUT2D eigenvalue weighted by atomic mass is 16.6. The number of carbonyl (C=O) groups excluding carboxylic acids is 1. The van der Waals surface area contributed by atoms with Crippen LogP contribution in [0.4, 0.5) is 5.69 Å². The quantitative estimate of drug-likeness (QED) is 0.401. The van der Waals surface area contributed by atoms with Gasteiger partial charge in [0.1, 0.15) is 5.75 Å². The fourth-order valence-corrected chi connectivity index (χ4v) is 2.72. The van der Waals surface area contributed by atoms with Gasteiger partial charge < -0.3 is 4.74 Å². The second kappa shape index (κ2) is 6.50. The first kappa shape index (κ1) is 15.7. The van der Waals surface area contributed by atoms with Crippen LogP contribution in [0.2, 0.25) is 0 Å². The standard InChI is InChI=1S/C19H15NO4/c1-24-15-10-8-13(9-11-15)19(21)12-14-4-2-6-17-16(14)5-3-7-18(17)20(22)23/h2-11H,12H2,1H3. The molecule has 0 unspecified atom stereocenters. The Morgan fingerprint density at radius 2 is 1.67 bits per heavy atom. The van der Waals surface area contributed by atoms with Crippen LogP contribution in [0.15, 0.2) is 60.7 Å². The number of nitrogens with zero attached hydrogens (tertiary/aromatic N) is 1. The first-order valence-electron chi connectivity index (χ1n) is 7.42. The zero-order chi connectivity index (χ0) is 17.1. The van der Waals surface area contributed by atoms with Gasteiger partial charge in [-0.05, 0) is 41.3 Å². The summed E-state index contributed by atoms with van der Waals surface area (Å²) in [7, 11) is 1.57. The van der Waals surface area contributed by atoms with E-state index in [1.165, 1.54) is 6.07 Å². The molecule has 24 heavy (non-hydrogen) atoms. The highest BCUT2D eigenvalue weighted by Gasteiger charge is 2.15. The lowest BCUT2D eigenvalue weighted by molar-refractivity contribution is -0.383. The zero-order valence-corrected chi connectivity index (χ0v) is 13.1. The van der Waals surface area contributed by atoms with E-state index in [1.807, 2.05) is 6.07 Å². The summed E-state index contributed by atoms with van der Waals surface area (Å²) >= 11 is 0. The van der Waals surface area contributed by atoms with Crippen LogP contribution in [0.25, 0.3) is 10.8 Å². The molecule has 0 aliphatic rings. The average molecular weight is 321 g/mol. The number of ketones is 1. The number of Topliss-reactive ketones (excluding diaryl/α,β-unsaturated/α-hetero) is 1. The Morgan fingerprint density at radius 1 is 1.00 bits per heavy atom. The van der Waals surface area contributed by atoms with Crippen molar-refractivity contribution < 1.29 is 14.5 Å². The smallest absolute Gasteiger partial charge is 0.277 e. The molecule has 0 N–H and O–H groups in total. The largest absolute Gasteiger partial charge is 0.497 e. The summed E-state index contributed by atoms with van der Waals surface area (Å²) in [6, 6.07) is 17.1. The van der Waals surface area contributed by atoms with Crippen LogP contribution < -0.4 is 4.74 Å². The predicted octanol–water partition coefficient (Wildman–Crippen LogP) is 4.18. The van der Waals surface area contributed by atoms with Crippen molar-refractivity contribution in [2.24, 2.45) is 0 Å². The molecule has 3 aromatic carbocycles. The van der Waals surface area contributed by atoms with Gasteiger partial charge in [-0.15, -0.1) is 0 Å². The van der Waals surface area contributed by atoms with Gasteiger partial charge in [0.2, 0.25) is 0 Å². The van der Waals surface area contributed by atoms with E-state index in [4.69, 9.17) is 4.74 Å². The lowest BCUT2D eigenvalue weighted by Gasteiger charge is -2.07. The number of non-ortho nitro benzene ring substituents is 1. The third-order valence-corrected chi connectivity index (χ3v) is 3.95. The minimum absolute atomic E-state index is 0.0448. The molecular weight excluding hydrogens is 306 g/mol. The molecule has 3 aromatic rings. The van der Waals surface area contributed by atoms with Crippen molar-refractivity contribution in [3.05, 3.63) is 81.9 Å². The number of methoxy groups -OCH3 is 1. The normalized spacial score (nSPS) is 10.5. The Bertz CT molecular complexity index is 916. The number of nitro benzene ring substituents is 1. The highest BCUT2D eigenvalue weighted by Crippen LogP contribution is 2.28. The maximum Gasteiger partial charge on any atom is 0.277 e. The van der Waals surface area contributed by atoms with Crippen molar-refractivity contribution in [2.75, 3.05) is 7.11 Å². The number of carbonyl (C=O) groups is 1. The number of fused-ring (bicyclic) bond motifs is 1. The Balaban J connectivity index is 1.96. The Morgan fingerprint density at radius 3 is 2.33 bits per heavy atom. The van der Waals surface area contributed by atoms with E-state index in [-0.39, 0.29) is 17.9 Å². The summed E-state index contributed by atoms with van der Waals surface area (Å²) in [5.74, 6) is 0.643. The number of hydrogen-bond acceptors (Lipinski definition) is 4. The van der Waals surface area contributed by atoms with E-state index in [0.29, 0.717) is 16.7 Å². The fourth-order valence-electron chi connectivity index (χ4n) is 2.72. The van der Waals surface area contributed by atoms with Gasteiger partial charge in [-0.25, -0.2) is 0 Å². The molecule has 0 radical (unpaired) electrons. The van der Waals surface area contributed by atoms with Crippen molar-refractivity contribution in [1.82, 2.24) is 0 Å². The first-order valence-corrected chi connectivity index (χ1v) is 7.42. The highest BCUT2D eigenvalue weighted by molar-refractivity contribution is 6.01. The lowest BCUT2D eigenvalue weighted by Crippen LogP contribution is -2.04. The Kier molecular flexibility index (Phi) is 4.24. The summed E-state index contributed by atoms with van der Waals surface area (Å²) < 4.78 is 5.09. The van der Waals surface area contributed by atoms with Crippen LogP contribution in [0, 0.1) is 10.1 Å². The van der Waals surface area contributed by atoms with Gasteiger partial charge in [0.25, 0.3) is 5.69 Å². The zero-order valence-electron chi connectivity index (χ0n) is 13.1. The molecule has 5 heteroatoms. The molecule has 0 spiro atoms. The minimum atomic E-state index is -0.405. The minimum Gasteiger partial charge on any atom is -0.497 e. The van der Waals surface area contributed by atoms with E-state index in [1.54, 1.807) is 55.6 Å². The van der Waals surface area contributed by atoms with E-state index in [9.17, 15) is 14.9 Å². The number of benzene rings is 3. The molecule has 0 aromatic heterocycles. The first-order chi connectivity index (χ1) is 11.6. The van der Waals surface area contributed by atoms with Crippen LogP contribution in [-0.4, -0.2) is 17.8 Å². The van der Waals surface area contributed by atoms with Crippen molar-refractivity contribution in [2.45, 2.75) is 6.42 Å². The van der Waals surface area contributed by atoms with Gasteiger partial charge in [0, 0.05) is 18.1 Å². The monoisotopic (exact) mass is 321 g/mol. The predicted molar refractivity (Wildman–Crippen MR) is 91.6 cm³/mol. The third kappa shape index (κ3) is 2.96. The number of rotatable bonds is 5. The van der Waals surface area contributed by atoms with E-state index >= 15 is 0 Å². The summed E-state index contributed by atoms with van der Waals surface area (Å²) in [5, 5.41) is 12.4. The molecule has 3 rings (SSSR count). The molecule has 120 valence electrons. The molecule has 0 atom stereocenters. The Labute approximate surface area is 138 Å². The second-order valence-electron chi connectivity index (χ2n) is 5.37. The lowest BCUT2D eigenvalue weighted by atomic mass is 9.97. The molecule has 5 nitrogen and oxygen atoms in total. The fraction of sp³-hybridized carbons (Fsp3) is 0.105. The van der Waals surface area contributed by atoms with Gasteiger partial charge >= 0.3 is 0 Å². The number of nitro groups is 1. The van der Waals surface area contributed by atoms with Gasteiger partial charge in [0.15, 0.2) is 5.78 Å². The molecule has 0 heterocycles. The SMILES string of the molecule is COc1ccc(C(=O)Cc2cccc3c([N+](=O)[O-])cccc23)cc1. The van der Waals surface area contributed by atoms with E-state index in [2.05, 4.69) is 0 Å². The molecule has 0 aliphatic carbocycles. The molecule has 0 aliphatic heterocycles. The number of hydrogen-bond donors (Lipinski definition) is 0. The van der Waals surface area contributed by atoms with Crippen LogP contribution in [0.3, 0.4) is 0 Å². The van der Waals surface area contributed by atoms with E-state index < -0.39 is 4.92 Å². The van der Waals surface area contributed by atoms with Crippen molar-refractivity contribution in [1.29, 1.82) is 0 Å². The molecule has 0 fully saturated rings. The molecule has 0 amide bonds. The van der Waals surface area contributed by atoms with Crippen LogP contribution >= 0.6 is 0 Å². The number of ether oxygens (including phenoxy) is 1.